The zero-order valence-corrected chi connectivity index (χ0v) is 33.2. The molecule has 4 aromatic heterocycles. The van der Waals surface area contributed by atoms with Gasteiger partial charge in [0, 0.05) is 61.2 Å². The third-order valence-electron chi connectivity index (χ3n) is 9.99. The monoisotopic (exact) mass is 898 g/mol. The number of aryl methyl sites for hydroxylation is 2. The number of fused-ring (bicyclic) bond motifs is 4. The van der Waals surface area contributed by atoms with Crippen molar-refractivity contribution in [1.82, 2.24) is 15.0 Å². The van der Waals surface area contributed by atoms with Gasteiger partial charge in [0.2, 0.25) is 0 Å². The molecule has 1 radical (unpaired) electrons. The number of rotatable bonds is 5. The minimum atomic E-state index is 0. The number of furan rings is 1. The molecule has 0 bridgehead atoms. The van der Waals surface area contributed by atoms with Crippen molar-refractivity contribution in [2.24, 2.45) is 0 Å². The van der Waals surface area contributed by atoms with E-state index in [9.17, 15) is 0 Å². The third-order valence-corrected chi connectivity index (χ3v) is 9.99. The predicted octanol–water partition coefficient (Wildman–Crippen LogP) is 13.2. The zero-order valence-electron chi connectivity index (χ0n) is 30.8. The van der Waals surface area contributed by atoms with Crippen LogP contribution in [0.15, 0.2) is 181 Å². The number of nitrogens with zero attached hydrogens (tertiary/aromatic N) is 3. The van der Waals surface area contributed by atoms with Crippen LogP contribution in [-0.4, -0.2) is 15.0 Å². The molecule has 0 aliphatic heterocycles. The maximum Gasteiger partial charge on any atom is 0.129 e. The Bertz CT molecular complexity index is 2920. The summed E-state index contributed by atoms with van der Waals surface area (Å²) in [4.78, 5) is 13.5. The summed E-state index contributed by atoms with van der Waals surface area (Å²) in [5, 5.41) is 4.39. The van der Waals surface area contributed by atoms with Crippen LogP contribution in [0.2, 0.25) is 0 Å². The first-order valence-corrected chi connectivity index (χ1v) is 18.3. The maximum absolute atomic E-state index is 6.74. The van der Waals surface area contributed by atoms with Gasteiger partial charge in [-0.15, -0.1) is 53.6 Å². The first-order chi connectivity index (χ1) is 27.1. The van der Waals surface area contributed by atoms with E-state index in [2.05, 4.69) is 144 Å². The van der Waals surface area contributed by atoms with E-state index in [-0.39, 0.29) is 20.1 Å². The van der Waals surface area contributed by atoms with Gasteiger partial charge in [0.15, 0.2) is 0 Å². The summed E-state index contributed by atoms with van der Waals surface area (Å²) < 4.78 is 6.74. The normalized spacial score (nSPS) is 10.9. The molecule has 4 heterocycles. The number of hydrogen-bond donors (Lipinski definition) is 0. The predicted molar refractivity (Wildman–Crippen MR) is 225 cm³/mol. The Hall–Kier alpha value is -6.52. The minimum Gasteiger partial charge on any atom is -0.500 e. The van der Waals surface area contributed by atoms with Crippen LogP contribution in [0, 0.1) is 26.0 Å². The zero-order chi connectivity index (χ0) is 37.1. The Morgan fingerprint density at radius 3 is 2.05 bits per heavy atom. The molecule has 0 aliphatic carbocycles. The van der Waals surface area contributed by atoms with Gasteiger partial charge in [-0.2, -0.15) is 0 Å². The first-order valence-electron chi connectivity index (χ1n) is 18.3. The Morgan fingerprint density at radius 2 is 1.30 bits per heavy atom. The van der Waals surface area contributed by atoms with E-state index in [0.29, 0.717) is 0 Å². The van der Waals surface area contributed by atoms with Crippen LogP contribution in [0.3, 0.4) is 0 Å². The smallest absolute Gasteiger partial charge is 0.129 e. The van der Waals surface area contributed by atoms with Crippen LogP contribution in [0.1, 0.15) is 11.1 Å². The fourth-order valence-corrected chi connectivity index (χ4v) is 7.23. The van der Waals surface area contributed by atoms with Gasteiger partial charge in [0.25, 0.3) is 0 Å². The Labute approximate surface area is 339 Å². The molecule has 5 heteroatoms. The van der Waals surface area contributed by atoms with Crippen LogP contribution < -0.4 is 0 Å². The van der Waals surface area contributed by atoms with Crippen LogP contribution in [0.5, 0.6) is 0 Å². The van der Waals surface area contributed by atoms with E-state index >= 15 is 0 Å². The molecule has 0 saturated carbocycles. The van der Waals surface area contributed by atoms with Crippen molar-refractivity contribution < 1.29 is 24.5 Å². The SMILES string of the molecule is Cc1c[c-]c(-c2cc(-c3ccccc3)c(C)cn2)cc1.[Ir].[c-]1ccc2c(oc3c(-c4cccc5ccncc45)ccc(-c4ccccc4)c32)c1-c1ccccn1. The van der Waals surface area contributed by atoms with Crippen LogP contribution >= 0.6 is 0 Å². The number of hydrogen-bond acceptors (Lipinski definition) is 4. The van der Waals surface area contributed by atoms with Crippen molar-refractivity contribution in [2.75, 3.05) is 0 Å². The average molecular weight is 898 g/mol. The Balaban J connectivity index is 0.000000179. The van der Waals surface area contributed by atoms with Crippen molar-refractivity contribution >= 4 is 32.7 Å². The standard InChI is InChI=1S/C32H19N2O.C19H16N.Ir/c1-2-8-21(9-3-1)23-15-16-25(24-11-6-10-22-17-19-33-20-28(22)24)32-30(23)27-13-7-12-26(31(27)35-32)29-14-4-5-18-34-29;1-14-8-10-17(11-9-14)19-12-18(15(2)13-20-19)16-6-4-3-5-7-16;/h1-11,13-20H;3-10,12-13H,1-2H3;/q2*-1;. The molecule has 0 aliphatic rings. The van der Waals surface area contributed by atoms with Gasteiger partial charge in [0.1, 0.15) is 5.58 Å². The summed E-state index contributed by atoms with van der Waals surface area (Å²) in [7, 11) is 0. The molecule has 6 aromatic carbocycles. The van der Waals surface area contributed by atoms with Crippen molar-refractivity contribution in [3.8, 4) is 55.9 Å². The van der Waals surface area contributed by atoms with Gasteiger partial charge in [-0.05, 0) is 75.3 Å². The van der Waals surface area contributed by atoms with Crippen LogP contribution in [0.25, 0.3) is 88.6 Å². The maximum atomic E-state index is 6.74. The van der Waals surface area contributed by atoms with Crippen LogP contribution in [0.4, 0.5) is 0 Å². The molecular formula is C51H35IrN3O-2. The Kier molecular flexibility index (Phi) is 10.5. The molecule has 4 nitrogen and oxygen atoms in total. The Morgan fingerprint density at radius 1 is 0.536 bits per heavy atom. The van der Waals surface area contributed by atoms with E-state index in [1.807, 2.05) is 67.1 Å². The summed E-state index contributed by atoms with van der Waals surface area (Å²) in [5.41, 5.74) is 14.6. The molecule has 10 aromatic rings. The first kappa shape index (κ1) is 36.5. The number of benzene rings is 6. The second-order valence-electron chi connectivity index (χ2n) is 13.6. The average Bonchev–Trinajstić information content (AvgIpc) is 3.65. The second-order valence-corrected chi connectivity index (χ2v) is 13.6. The molecule has 0 spiro atoms. The summed E-state index contributed by atoms with van der Waals surface area (Å²) >= 11 is 0. The van der Waals surface area contributed by atoms with E-state index in [0.717, 1.165) is 77.5 Å². The fraction of sp³-hybridized carbons (Fsp3) is 0.0392. The molecular weight excluding hydrogens is 863 g/mol. The topological polar surface area (TPSA) is 51.8 Å². The fourth-order valence-electron chi connectivity index (χ4n) is 7.23. The van der Waals surface area contributed by atoms with E-state index in [1.165, 1.54) is 22.3 Å². The summed E-state index contributed by atoms with van der Waals surface area (Å²) in [5.74, 6) is 0. The summed E-state index contributed by atoms with van der Waals surface area (Å²) in [6.45, 7) is 4.16. The van der Waals surface area contributed by atoms with Gasteiger partial charge in [-0.25, -0.2) is 0 Å². The quantitative estimate of drug-likeness (QED) is 0.162. The number of aromatic nitrogens is 3. The van der Waals surface area contributed by atoms with Gasteiger partial charge >= 0.3 is 0 Å². The third kappa shape index (κ3) is 7.07. The molecule has 0 fully saturated rings. The van der Waals surface area contributed by atoms with Crippen molar-refractivity contribution in [1.29, 1.82) is 0 Å². The van der Waals surface area contributed by atoms with E-state index < -0.39 is 0 Å². The van der Waals surface area contributed by atoms with Crippen LogP contribution in [-0.2, 0) is 20.1 Å². The number of pyridine rings is 3. The summed E-state index contributed by atoms with van der Waals surface area (Å²) in [6, 6.07) is 58.6. The van der Waals surface area contributed by atoms with Crippen molar-refractivity contribution in [3.63, 3.8) is 0 Å². The van der Waals surface area contributed by atoms with Gasteiger partial charge < -0.3 is 14.4 Å². The molecule has 0 saturated heterocycles. The summed E-state index contributed by atoms with van der Waals surface area (Å²) in [6.07, 6.45) is 7.49. The van der Waals surface area contributed by atoms with Crippen molar-refractivity contribution in [3.05, 3.63) is 200 Å². The second kappa shape index (κ2) is 16.1. The van der Waals surface area contributed by atoms with Crippen molar-refractivity contribution in [2.45, 2.75) is 13.8 Å². The molecule has 0 atom stereocenters. The van der Waals surface area contributed by atoms with Gasteiger partial charge in [0.05, 0.1) is 5.58 Å². The molecule has 56 heavy (non-hydrogen) atoms. The largest absolute Gasteiger partial charge is 0.500 e. The molecule has 0 N–H and O–H groups in total. The van der Waals surface area contributed by atoms with E-state index in [4.69, 9.17) is 4.42 Å². The minimum absolute atomic E-state index is 0. The van der Waals surface area contributed by atoms with Gasteiger partial charge in [-0.3, -0.25) is 4.98 Å². The van der Waals surface area contributed by atoms with Gasteiger partial charge in [-0.1, -0.05) is 121 Å². The molecule has 0 unspecified atom stereocenters. The molecule has 271 valence electrons. The molecule has 0 amide bonds. The molecule has 10 rings (SSSR count). The van der Waals surface area contributed by atoms with E-state index in [1.54, 1.807) is 6.20 Å².